The van der Waals surface area contributed by atoms with Crippen LogP contribution in [0.1, 0.15) is 15.9 Å². The fourth-order valence-corrected chi connectivity index (χ4v) is 2.59. The summed E-state index contributed by atoms with van der Waals surface area (Å²) in [6.45, 7) is 0.00656. The number of esters is 1. The molecule has 1 aliphatic rings. The molecule has 1 aliphatic heterocycles. The van der Waals surface area contributed by atoms with Crippen molar-refractivity contribution in [3.63, 3.8) is 0 Å². The summed E-state index contributed by atoms with van der Waals surface area (Å²) >= 11 is 0. The first kappa shape index (κ1) is 15.1. The van der Waals surface area contributed by atoms with Crippen LogP contribution in [-0.4, -0.2) is 17.9 Å². The smallest absolute Gasteiger partial charge is 0.338 e. The van der Waals surface area contributed by atoms with Gasteiger partial charge in [0.1, 0.15) is 17.9 Å². The Hall–Kier alpha value is -3.48. The third-order valence-electron chi connectivity index (χ3n) is 3.78. The lowest BCUT2D eigenvalue weighted by molar-refractivity contribution is 0.0473. The molecule has 0 amide bonds. The normalized spacial score (nSPS) is 12.3. The Morgan fingerprint density at radius 3 is 2.80 bits per heavy atom. The van der Waals surface area contributed by atoms with E-state index in [2.05, 4.69) is 0 Å². The fourth-order valence-electron chi connectivity index (χ4n) is 2.59. The topological polar surface area (TPSA) is 95.2 Å². The van der Waals surface area contributed by atoms with E-state index in [9.17, 15) is 14.7 Å². The Labute approximate surface area is 141 Å². The summed E-state index contributed by atoms with van der Waals surface area (Å²) in [6, 6.07) is 10.4. The SMILES string of the molecule is O=C(OCc1cc(=O)oc2cc(O)ccc12)c1ccc2c(c1)OCO2. The molecule has 2 heterocycles. The van der Waals surface area contributed by atoms with Crippen LogP contribution in [0.15, 0.2) is 51.7 Å². The standard InChI is InChI=1S/C18H12O7/c19-12-2-3-13-11(6-17(20)25-15(13)7-12)8-22-18(21)10-1-4-14-16(5-10)24-9-23-14/h1-7,19H,8-9H2. The van der Waals surface area contributed by atoms with Gasteiger partial charge in [0.25, 0.3) is 0 Å². The molecular formula is C18H12O7. The van der Waals surface area contributed by atoms with Crippen molar-refractivity contribution in [1.29, 1.82) is 0 Å². The second kappa shape index (κ2) is 5.86. The minimum Gasteiger partial charge on any atom is -0.508 e. The first-order chi connectivity index (χ1) is 12.1. The van der Waals surface area contributed by atoms with Crippen molar-refractivity contribution in [3.05, 3.63) is 64.0 Å². The maximum atomic E-state index is 12.2. The van der Waals surface area contributed by atoms with E-state index in [1.807, 2.05) is 0 Å². The van der Waals surface area contributed by atoms with Gasteiger partial charge in [0, 0.05) is 23.1 Å². The van der Waals surface area contributed by atoms with Gasteiger partial charge < -0.3 is 23.7 Å². The van der Waals surface area contributed by atoms with Crippen LogP contribution < -0.4 is 15.1 Å². The zero-order valence-corrected chi connectivity index (χ0v) is 12.9. The first-order valence-corrected chi connectivity index (χ1v) is 7.43. The monoisotopic (exact) mass is 340 g/mol. The van der Waals surface area contributed by atoms with Crippen molar-refractivity contribution in [2.24, 2.45) is 0 Å². The molecule has 1 N–H and O–H groups in total. The first-order valence-electron chi connectivity index (χ1n) is 7.43. The molecule has 25 heavy (non-hydrogen) atoms. The molecule has 0 aliphatic carbocycles. The number of hydrogen-bond donors (Lipinski definition) is 1. The summed E-state index contributed by atoms with van der Waals surface area (Å²) < 4.78 is 20.8. The lowest BCUT2D eigenvalue weighted by atomic mass is 10.1. The molecule has 0 saturated carbocycles. The van der Waals surface area contributed by atoms with Crippen LogP contribution in [0, 0.1) is 0 Å². The lowest BCUT2D eigenvalue weighted by Gasteiger charge is -2.08. The average molecular weight is 340 g/mol. The second-order valence-corrected chi connectivity index (χ2v) is 5.42. The van der Waals surface area contributed by atoms with Crippen LogP contribution in [0.3, 0.4) is 0 Å². The summed E-state index contributed by atoms with van der Waals surface area (Å²) in [6.07, 6.45) is 0. The van der Waals surface area contributed by atoms with Crippen LogP contribution in [0.5, 0.6) is 17.2 Å². The molecule has 7 nitrogen and oxygen atoms in total. The molecule has 0 bridgehead atoms. The Kier molecular flexibility index (Phi) is 3.53. The fraction of sp³-hybridized carbons (Fsp3) is 0.111. The van der Waals surface area contributed by atoms with Crippen LogP contribution in [0.25, 0.3) is 11.0 Å². The number of aromatic hydroxyl groups is 1. The second-order valence-electron chi connectivity index (χ2n) is 5.42. The number of phenols is 1. The number of fused-ring (bicyclic) bond motifs is 2. The predicted molar refractivity (Wildman–Crippen MR) is 85.8 cm³/mol. The van der Waals surface area contributed by atoms with Gasteiger partial charge in [-0.1, -0.05) is 0 Å². The van der Waals surface area contributed by atoms with E-state index in [0.29, 0.717) is 28.0 Å². The minimum absolute atomic E-state index is 0.0230. The third kappa shape index (κ3) is 2.87. The van der Waals surface area contributed by atoms with Gasteiger partial charge in [-0.3, -0.25) is 0 Å². The van der Waals surface area contributed by atoms with Gasteiger partial charge in [-0.05, 0) is 30.3 Å². The Balaban J connectivity index is 1.58. The Morgan fingerprint density at radius 1 is 1.08 bits per heavy atom. The van der Waals surface area contributed by atoms with Crippen LogP contribution >= 0.6 is 0 Å². The Morgan fingerprint density at radius 2 is 1.92 bits per heavy atom. The highest BCUT2D eigenvalue weighted by Gasteiger charge is 2.17. The minimum atomic E-state index is -0.591. The van der Waals surface area contributed by atoms with Crippen molar-refractivity contribution in [2.45, 2.75) is 6.61 Å². The van der Waals surface area contributed by atoms with Crippen LogP contribution in [-0.2, 0) is 11.3 Å². The summed E-state index contributed by atoms with van der Waals surface area (Å²) in [5, 5.41) is 10.1. The summed E-state index contributed by atoms with van der Waals surface area (Å²) in [5.74, 6) is 0.474. The van der Waals surface area contributed by atoms with Crippen molar-refractivity contribution in [1.82, 2.24) is 0 Å². The van der Waals surface area contributed by atoms with E-state index >= 15 is 0 Å². The summed E-state index contributed by atoms with van der Waals surface area (Å²) in [4.78, 5) is 23.9. The zero-order chi connectivity index (χ0) is 17.4. The van der Waals surface area contributed by atoms with E-state index in [1.54, 1.807) is 24.3 Å². The number of carbonyl (C=O) groups is 1. The van der Waals surface area contributed by atoms with Gasteiger partial charge in [-0.15, -0.1) is 0 Å². The largest absolute Gasteiger partial charge is 0.508 e. The van der Waals surface area contributed by atoms with Gasteiger partial charge in [-0.25, -0.2) is 9.59 Å². The number of ether oxygens (including phenoxy) is 3. The number of carbonyl (C=O) groups excluding carboxylic acids is 1. The molecule has 0 atom stereocenters. The van der Waals surface area contributed by atoms with E-state index in [4.69, 9.17) is 18.6 Å². The average Bonchev–Trinajstić information content (AvgIpc) is 3.06. The maximum absolute atomic E-state index is 12.2. The Bertz CT molecular complexity index is 1040. The highest BCUT2D eigenvalue weighted by Crippen LogP contribution is 2.32. The molecule has 2 aromatic carbocycles. The lowest BCUT2D eigenvalue weighted by Crippen LogP contribution is -2.08. The van der Waals surface area contributed by atoms with Gasteiger partial charge >= 0.3 is 11.6 Å². The number of benzene rings is 2. The number of hydrogen-bond acceptors (Lipinski definition) is 7. The van der Waals surface area contributed by atoms with Crippen molar-refractivity contribution in [3.8, 4) is 17.2 Å². The van der Waals surface area contributed by atoms with E-state index < -0.39 is 11.6 Å². The maximum Gasteiger partial charge on any atom is 0.338 e. The van der Waals surface area contributed by atoms with Crippen molar-refractivity contribution >= 4 is 16.9 Å². The van der Waals surface area contributed by atoms with E-state index in [-0.39, 0.29) is 24.7 Å². The molecule has 0 spiro atoms. The molecule has 7 heteroatoms. The molecule has 3 aromatic rings. The molecule has 126 valence electrons. The quantitative estimate of drug-likeness (QED) is 0.578. The summed E-state index contributed by atoms with van der Waals surface area (Å²) in [7, 11) is 0. The van der Waals surface area contributed by atoms with Gasteiger partial charge in [-0.2, -0.15) is 0 Å². The molecule has 0 saturated heterocycles. The van der Waals surface area contributed by atoms with E-state index in [1.165, 1.54) is 18.2 Å². The number of phenolic OH excluding ortho intramolecular Hbond substituents is 1. The highest BCUT2D eigenvalue weighted by atomic mass is 16.7. The van der Waals surface area contributed by atoms with Crippen LogP contribution in [0.4, 0.5) is 0 Å². The molecule has 0 unspecified atom stereocenters. The molecule has 4 rings (SSSR count). The van der Waals surface area contributed by atoms with Gasteiger partial charge in [0.05, 0.1) is 5.56 Å². The number of rotatable bonds is 3. The predicted octanol–water partition coefficient (Wildman–Crippen LogP) is 2.58. The van der Waals surface area contributed by atoms with Gasteiger partial charge in [0.15, 0.2) is 11.5 Å². The van der Waals surface area contributed by atoms with Crippen LogP contribution in [0.2, 0.25) is 0 Å². The third-order valence-corrected chi connectivity index (χ3v) is 3.78. The summed E-state index contributed by atoms with van der Waals surface area (Å²) in [5.41, 5.74) is 0.434. The van der Waals surface area contributed by atoms with Gasteiger partial charge in [0.2, 0.25) is 6.79 Å². The molecule has 0 fully saturated rings. The zero-order valence-electron chi connectivity index (χ0n) is 12.9. The molecule has 1 aromatic heterocycles. The van der Waals surface area contributed by atoms with E-state index in [0.717, 1.165) is 0 Å². The van der Waals surface area contributed by atoms with Crippen molar-refractivity contribution in [2.75, 3.05) is 6.79 Å². The highest BCUT2D eigenvalue weighted by molar-refractivity contribution is 5.90. The molecule has 0 radical (unpaired) electrons. The van der Waals surface area contributed by atoms with Crippen molar-refractivity contribution < 1.29 is 28.5 Å². The molecular weight excluding hydrogens is 328 g/mol.